The molecule has 0 spiro atoms. The fraction of sp³-hybridized carbons (Fsp3) is 0.571. The van der Waals surface area contributed by atoms with E-state index in [1.807, 2.05) is 0 Å². The molecule has 2 atom stereocenters. The van der Waals surface area contributed by atoms with E-state index in [1.54, 1.807) is 0 Å². The molecular weight excluding hydrogens is 392 g/mol. The minimum Gasteiger partial charge on any atom is -0.392 e. The Morgan fingerprint density at radius 2 is 1.42 bits per heavy atom. The molecule has 0 aliphatic heterocycles. The third-order valence-corrected chi connectivity index (χ3v) is 5.04. The van der Waals surface area contributed by atoms with Crippen molar-refractivity contribution >= 4 is 10.0 Å². The number of hydrogen-bond donors (Lipinski definition) is 2. The van der Waals surface area contributed by atoms with Crippen LogP contribution in [0.25, 0.3) is 0 Å². The van der Waals surface area contributed by atoms with Gasteiger partial charge in [-0.2, -0.15) is 30.6 Å². The first-order valence-corrected chi connectivity index (χ1v) is 8.65. The summed E-state index contributed by atoms with van der Waals surface area (Å²) in [6.07, 6.45) is -12.9. The highest BCUT2D eigenvalue weighted by Gasteiger charge is 2.42. The SMILES string of the molecule is C[C@H](O)CN(C[C@H](C)O)S(=O)(=O)c1cc(C(F)(F)F)ccc1C(F)(F)F. The second kappa shape index (κ2) is 7.71. The van der Waals surface area contributed by atoms with Gasteiger partial charge >= 0.3 is 12.4 Å². The van der Waals surface area contributed by atoms with Crippen molar-refractivity contribution in [3.05, 3.63) is 29.3 Å². The van der Waals surface area contributed by atoms with Crippen LogP contribution in [0.1, 0.15) is 25.0 Å². The van der Waals surface area contributed by atoms with Gasteiger partial charge in [-0.3, -0.25) is 0 Å². The average Bonchev–Trinajstić information content (AvgIpc) is 2.43. The van der Waals surface area contributed by atoms with Gasteiger partial charge in [0.2, 0.25) is 10.0 Å². The van der Waals surface area contributed by atoms with Gasteiger partial charge in [-0.15, -0.1) is 0 Å². The monoisotopic (exact) mass is 409 g/mol. The van der Waals surface area contributed by atoms with Crippen LogP contribution in [0.5, 0.6) is 0 Å². The lowest BCUT2D eigenvalue weighted by Gasteiger charge is -2.26. The lowest BCUT2D eigenvalue weighted by molar-refractivity contribution is -0.143. The number of alkyl halides is 6. The van der Waals surface area contributed by atoms with Gasteiger partial charge < -0.3 is 10.2 Å². The van der Waals surface area contributed by atoms with Crippen LogP contribution in [0.4, 0.5) is 26.3 Å². The molecule has 0 radical (unpaired) electrons. The molecule has 0 fully saturated rings. The molecule has 2 N–H and O–H groups in total. The van der Waals surface area contributed by atoms with E-state index in [0.29, 0.717) is 4.31 Å². The first-order valence-electron chi connectivity index (χ1n) is 7.21. The summed E-state index contributed by atoms with van der Waals surface area (Å²) in [7, 11) is -5.09. The minimum absolute atomic E-state index is 0.0403. The van der Waals surface area contributed by atoms with E-state index in [0.717, 1.165) is 13.8 Å². The van der Waals surface area contributed by atoms with Crippen LogP contribution in [0.3, 0.4) is 0 Å². The molecular formula is C14H17F6NO4S. The van der Waals surface area contributed by atoms with Crippen molar-refractivity contribution in [2.45, 2.75) is 43.3 Å². The molecule has 0 saturated carbocycles. The normalized spacial score (nSPS) is 16.0. The van der Waals surface area contributed by atoms with Gasteiger partial charge in [0, 0.05) is 13.1 Å². The summed E-state index contributed by atoms with van der Waals surface area (Å²) in [5.74, 6) is 0. The molecule has 150 valence electrons. The first kappa shape index (κ1) is 22.7. The molecule has 1 rings (SSSR count). The van der Waals surface area contributed by atoms with E-state index in [1.165, 1.54) is 0 Å². The largest absolute Gasteiger partial charge is 0.417 e. The van der Waals surface area contributed by atoms with Crippen molar-refractivity contribution in [3.8, 4) is 0 Å². The number of aliphatic hydroxyl groups is 2. The molecule has 12 heteroatoms. The Hall–Kier alpha value is -1.37. The van der Waals surface area contributed by atoms with Gasteiger partial charge in [-0.05, 0) is 32.0 Å². The Bertz CT molecular complexity index is 718. The van der Waals surface area contributed by atoms with Crippen molar-refractivity contribution < 1.29 is 45.0 Å². The topological polar surface area (TPSA) is 77.8 Å². The standard InChI is InChI=1S/C14H17F6NO4S/c1-8(22)6-21(7-9(2)23)26(24,25)12-5-10(13(15,16)17)3-4-11(12)14(18,19)20/h3-5,8-9,22-23H,6-7H2,1-2H3/t8-,9-/m0/s1. The Balaban J connectivity index is 3.65. The van der Waals surface area contributed by atoms with E-state index < -0.39 is 63.7 Å². The van der Waals surface area contributed by atoms with Crippen molar-refractivity contribution in [1.29, 1.82) is 0 Å². The quantitative estimate of drug-likeness (QED) is 0.708. The third-order valence-electron chi connectivity index (χ3n) is 3.17. The van der Waals surface area contributed by atoms with Crippen LogP contribution < -0.4 is 0 Å². The molecule has 26 heavy (non-hydrogen) atoms. The lowest BCUT2D eigenvalue weighted by Crippen LogP contribution is -2.41. The molecule has 0 heterocycles. The molecule has 0 aliphatic rings. The van der Waals surface area contributed by atoms with E-state index in [2.05, 4.69) is 0 Å². The number of benzene rings is 1. The summed E-state index contributed by atoms with van der Waals surface area (Å²) in [6.45, 7) is 0.865. The molecule has 0 aromatic heterocycles. The van der Waals surface area contributed by atoms with Gasteiger partial charge in [-0.25, -0.2) is 8.42 Å². The highest BCUT2D eigenvalue weighted by Crippen LogP contribution is 2.39. The minimum atomic E-state index is -5.23. The van der Waals surface area contributed by atoms with Crippen LogP contribution in [-0.2, 0) is 22.4 Å². The summed E-state index contributed by atoms with van der Waals surface area (Å²) in [5.41, 5.74) is -3.34. The highest BCUT2D eigenvalue weighted by molar-refractivity contribution is 7.89. The second-order valence-electron chi connectivity index (χ2n) is 5.73. The van der Waals surface area contributed by atoms with Crippen LogP contribution in [0.15, 0.2) is 23.1 Å². The fourth-order valence-corrected chi connectivity index (χ4v) is 3.99. The van der Waals surface area contributed by atoms with Gasteiger partial charge in [0.25, 0.3) is 0 Å². The smallest absolute Gasteiger partial charge is 0.392 e. The van der Waals surface area contributed by atoms with Gasteiger partial charge in [0.15, 0.2) is 0 Å². The molecule has 0 bridgehead atoms. The number of nitrogens with zero attached hydrogens (tertiary/aromatic N) is 1. The fourth-order valence-electron chi connectivity index (χ4n) is 2.15. The summed E-state index contributed by atoms with van der Waals surface area (Å²) in [4.78, 5) is -1.60. The van der Waals surface area contributed by atoms with Crippen molar-refractivity contribution in [2.24, 2.45) is 0 Å². The summed E-state index contributed by atoms with van der Waals surface area (Å²) >= 11 is 0. The summed E-state index contributed by atoms with van der Waals surface area (Å²) in [6, 6.07) is 0.0728. The van der Waals surface area contributed by atoms with E-state index in [9.17, 15) is 45.0 Å². The van der Waals surface area contributed by atoms with Crippen LogP contribution in [0, 0.1) is 0 Å². The number of sulfonamides is 1. The summed E-state index contributed by atoms with van der Waals surface area (Å²) < 4.78 is 103. The molecule has 0 amide bonds. The zero-order chi connectivity index (χ0) is 20.5. The molecule has 0 saturated heterocycles. The van der Waals surface area contributed by atoms with Crippen molar-refractivity contribution in [3.63, 3.8) is 0 Å². The lowest BCUT2D eigenvalue weighted by atomic mass is 10.1. The zero-order valence-electron chi connectivity index (χ0n) is 13.6. The maximum absolute atomic E-state index is 13.1. The van der Waals surface area contributed by atoms with Crippen LogP contribution >= 0.6 is 0 Å². The number of aliphatic hydroxyl groups excluding tert-OH is 2. The number of hydrogen-bond acceptors (Lipinski definition) is 4. The van der Waals surface area contributed by atoms with Gasteiger partial charge in [-0.1, -0.05) is 0 Å². The molecule has 1 aromatic rings. The van der Waals surface area contributed by atoms with Crippen LogP contribution in [-0.4, -0.2) is 48.2 Å². The van der Waals surface area contributed by atoms with Crippen molar-refractivity contribution in [1.82, 2.24) is 4.31 Å². The number of halogens is 6. The zero-order valence-corrected chi connectivity index (χ0v) is 14.5. The van der Waals surface area contributed by atoms with E-state index in [4.69, 9.17) is 0 Å². The first-order chi connectivity index (χ1) is 11.6. The predicted molar refractivity (Wildman–Crippen MR) is 78.6 cm³/mol. The maximum Gasteiger partial charge on any atom is 0.417 e. The molecule has 0 unspecified atom stereocenters. The van der Waals surface area contributed by atoms with Crippen molar-refractivity contribution in [2.75, 3.05) is 13.1 Å². The Kier molecular flexibility index (Phi) is 6.72. The van der Waals surface area contributed by atoms with E-state index in [-0.39, 0.29) is 18.2 Å². The number of rotatable bonds is 6. The third kappa shape index (κ3) is 5.56. The van der Waals surface area contributed by atoms with Crippen LogP contribution in [0.2, 0.25) is 0 Å². The summed E-state index contributed by atoms with van der Waals surface area (Å²) in [5, 5.41) is 18.7. The molecule has 1 aromatic carbocycles. The molecule has 0 aliphatic carbocycles. The highest BCUT2D eigenvalue weighted by atomic mass is 32.2. The average molecular weight is 409 g/mol. The Morgan fingerprint density at radius 3 is 1.77 bits per heavy atom. The predicted octanol–water partition coefficient (Wildman–Crippen LogP) is 2.48. The Labute approximate surface area is 145 Å². The molecule has 5 nitrogen and oxygen atoms in total. The Morgan fingerprint density at radius 1 is 0.962 bits per heavy atom. The maximum atomic E-state index is 13.1. The van der Waals surface area contributed by atoms with Gasteiger partial charge in [0.1, 0.15) is 0 Å². The van der Waals surface area contributed by atoms with E-state index >= 15 is 0 Å². The second-order valence-corrected chi connectivity index (χ2v) is 7.63. The van der Waals surface area contributed by atoms with Gasteiger partial charge in [0.05, 0.1) is 28.2 Å².